The van der Waals surface area contributed by atoms with E-state index in [4.69, 9.17) is 0 Å². The van der Waals surface area contributed by atoms with Crippen LogP contribution in [-0.2, 0) is 6.54 Å². The number of nitrogens with one attached hydrogen (secondary N) is 1. The second-order valence-electron chi connectivity index (χ2n) is 5.66. The summed E-state index contributed by atoms with van der Waals surface area (Å²) >= 11 is 0. The smallest absolute Gasteiger partial charge is 0.251 e. The average molecular weight is 347 g/mol. The summed E-state index contributed by atoms with van der Waals surface area (Å²) in [6.07, 6.45) is 0. The Bertz CT molecular complexity index is 1060. The third kappa shape index (κ3) is 3.14. The molecule has 0 atom stereocenters. The number of hydrogen-bond acceptors (Lipinski definition) is 4. The minimum atomic E-state index is -0.386. The molecule has 0 unspecified atom stereocenters. The number of amides is 1. The van der Waals surface area contributed by atoms with E-state index in [1.54, 1.807) is 4.52 Å². The lowest BCUT2D eigenvalue weighted by Crippen LogP contribution is -2.24. The van der Waals surface area contributed by atoms with Gasteiger partial charge in [-0.3, -0.25) is 4.79 Å². The van der Waals surface area contributed by atoms with Gasteiger partial charge < -0.3 is 5.32 Å². The Morgan fingerprint density at radius 1 is 0.962 bits per heavy atom. The van der Waals surface area contributed by atoms with E-state index < -0.39 is 0 Å². The molecule has 6 nitrogen and oxygen atoms in total. The van der Waals surface area contributed by atoms with Gasteiger partial charge in [0.2, 0.25) is 0 Å². The van der Waals surface area contributed by atoms with Crippen LogP contribution in [0.15, 0.2) is 66.7 Å². The van der Waals surface area contributed by atoms with Crippen LogP contribution >= 0.6 is 0 Å². The fourth-order valence-electron chi connectivity index (χ4n) is 2.57. The number of halogens is 1. The maximum Gasteiger partial charge on any atom is 0.251 e. The number of aromatic nitrogens is 4. The van der Waals surface area contributed by atoms with Gasteiger partial charge in [0.25, 0.3) is 5.91 Å². The topological polar surface area (TPSA) is 72.2 Å². The molecule has 4 aromatic rings. The second-order valence-corrected chi connectivity index (χ2v) is 5.66. The SMILES string of the molecule is O=C(NCc1nnc2ccc(-c3ccccc3)nn12)c1ccc(F)cc1. The van der Waals surface area contributed by atoms with Crippen LogP contribution in [0.5, 0.6) is 0 Å². The van der Waals surface area contributed by atoms with Gasteiger partial charge in [-0.1, -0.05) is 30.3 Å². The van der Waals surface area contributed by atoms with Gasteiger partial charge >= 0.3 is 0 Å². The monoisotopic (exact) mass is 347 g/mol. The van der Waals surface area contributed by atoms with Crippen molar-refractivity contribution in [1.82, 2.24) is 25.1 Å². The van der Waals surface area contributed by atoms with Crippen LogP contribution in [-0.4, -0.2) is 25.7 Å². The van der Waals surface area contributed by atoms with E-state index in [1.807, 2.05) is 42.5 Å². The number of fused-ring (bicyclic) bond motifs is 1. The zero-order valence-electron chi connectivity index (χ0n) is 13.6. The van der Waals surface area contributed by atoms with E-state index in [-0.39, 0.29) is 18.3 Å². The normalized spacial score (nSPS) is 10.8. The summed E-state index contributed by atoms with van der Waals surface area (Å²) in [5.41, 5.74) is 2.72. The van der Waals surface area contributed by atoms with Crippen molar-refractivity contribution in [2.24, 2.45) is 0 Å². The first-order valence-corrected chi connectivity index (χ1v) is 8.01. The van der Waals surface area contributed by atoms with Crippen molar-refractivity contribution in [2.45, 2.75) is 6.54 Å². The summed E-state index contributed by atoms with van der Waals surface area (Å²) < 4.78 is 14.6. The Hall–Kier alpha value is -3.61. The highest BCUT2D eigenvalue weighted by Gasteiger charge is 2.11. The lowest BCUT2D eigenvalue weighted by molar-refractivity contribution is 0.0949. The summed E-state index contributed by atoms with van der Waals surface area (Å²) in [5.74, 6) is -0.197. The molecule has 4 rings (SSSR count). The van der Waals surface area contributed by atoms with Crippen molar-refractivity contribution in [2.75, 3.05) is 0 Å². The van der Waals surface area contributed by atoms with Gasteiger partial charge in [-0.15, -0.1) is 10.2 Å². The zero-order chi connectivity index (χ0) is 17.9. The van der Waals surface area contributed by atoms with E-state index >= 15 is 0 Å². The maximum atomic E-state index is 12.9. The summed E-state index contributed by atoms with van der Waals surface area (Å²) in [6.45, 7) is 0.155. The number of rotatable bonds is 4. The molecule has 0 aliphatic rings. The van der Waals surface area contributed by atoms with Crippen molar-refractivity contribution >= 4 is 11.6 Å². The minimum absolute atomic E-state index is 0.155. The standard InChI is InChI=1S/C19H14FN5O/c20-15-8-6-14(7-9-15)19(26)21-12-18-23-22-17-11-10-16(24-25(17)18)13-4-2-1-3-5-13/h1-11H,12H2,(H,21,26). The van der Waals surface area contributed by atoms with Gasteiger partial charge in [-0.05, 0) is 36.4 Å². The number of hydrogen-bond donors (Lipinski definition) is 1. The summed E-state index contributed by atoms with van der Waals surface area (Å²) in [6, 6.07) is 18.8. The molecule has 2 heterocycles. The molecule has 0 bridgehead atoms. The van der Waals surface area contributed by atoms with Gasteiger partial charge in [-0.2, -0.15) is 9.61 Å². The van der Waals surface area contributed by atoms with Crippen molar-refractivity contribution < 1.29 is 9.18 Å². The van der Waals surface area contributed by atoms with Gasteiger partial charge in [0, 0.05) is 11.1 Å². The molecule has 128 valence electrons. The molecular formula is C19H14FN5O. The zero-order valence-corrected chi connectivity index (χ0v) is 13.6. The Morgan fingerprint density at radius 2 is 1.73 bits per heavy atom. The minimum Gasteiger partial charge on any atom is -0.345 e. The Balaban J connectivity index is 1.57. The largest absolute Gasteiger partial charge is 0.345 e. The predicted octanol–water partition coefficient (Wildman–Crippen LogP) is 2.86. The number of benzene rings is 2. The second kappa shape index (κ2) is 6.72. The van der Waals surface area contributed by atoms with Gasteiger partial charge in [0.15, 0.2) is 11.5 Å². The summed E-state index contributed by atoms with van der Waals surface area (Å²) in [7, 11) is 0. The van der Waals surface area contributed by atoms with Crippen LogP contribution < -0.4 is 5.32 Å². The Labute approximate surface area is 148 Å². The molecule has 0 aliphatic heterocycles. The van der Waals surface area contributed by atoms with Crippen LogP contribution in [0, 0.1) is 5.82 Å². The van der Waals surface area contributed by atoms with E-state index in [2.05, 4.69) is 20.6 Å². The summed E-state index contributed by atoms with van der Waals surface area (Å²) in [4.78, 5) is 12.2. The molecule has 7 heteroatoms. The first kappa shape index (κ1) is 15.9. The molecule has 2 aromatic carbocycles. The number of carbonyl (C=O) groups excluding carboxylic acids is 1. The summed E-state index contributed by atoms with van der Waals surface area (Å²) in [5, 5.41) is 15.5. The molecule has 0 aliphatic carbocycles. The molecule has 0 saturated heterocycles. The van der Waals surface area contributed by atoms with Crippen LogP contribution in [0.1, 0.15) is 16.2 Å². The van der Waals surface area contributed by atoms with Crippen LogP contribution in [0.2, 0.25) is 0 Å². The van der Waals surface area contributed by atoms with Crippen molar-refractivity contribution in [1.29, 1.82) is 0 Å². The molecule has 0 radical (unpaired) electrons. The lowest BCUT2D eigenvalue weighted by atomic mass is 10.1. The highest BCUT2D eigenvalue weighted by Crippen LogP contribution is 2.16. The predicted molar refractivity (Wildman–Crippen MR) is 93.8 cm³/mol. The van der Waals surface area contributed by atoms with Crippen molar-refractivity contribution in [3.63, 3.8) is 0 Å². The van der Waals surface area contributed by atoms with E-state index in [9.17, 15) is 9.18 Å². The highest BCUT2D eigenvalue weighted by molar-refractivity contribution is 5.94. The van der Waals surface area contributed by atoms with Gasteiger partial charge in [0.1, 0.15) is 5.82 Å². The molecule has 1 amide bonds. The quantitative estimate of drug-likeness (QED) is 0.616. The van der Waals surface area contributed by atoms with E-state index in [1.165, 1.54) is 24.3 Å². The highest BCUT2D eigenvalue weighted by atomic mass is 19.1. The van der Waals surface area contributed by atoms with Crippen LogP contribution in [0.4, 0.5) is 4.39 Å². The maximum absolute atomic E-state index is 12.9. The molecule has 26 heavy (non-hydrogen) atoms. The number of carbonyl (C=O) groups is 1. The molecule has 2 aromatic heterocycles. The fraction of sp³-hybridized carbons (Fsp3) is 0.0526. The Morgan fingerprint density at radius 3 is 2.50 bits per heavy atom. The van der Waals surface area contributed by atoms with Crippen molar-refractivity contribution in [3.05, 3.63) is 83.9 Å². The lowest BCUT2D eigenvalue weighted by Gasteiger charge is -2.05. The molecular weight excluding hydrogens is 333 g/mol. The van der Waals surface area contributed by atoms with Gasteiger partial charge in [0.05, 0.1) is 12.2 Å². The first-order chi connectivity index (χ1) is 12.7. The molecule has 0 fully saturated rings. The van der Waals surface area contributed by atoms with E-state index in [0.717, 1.165) is 11.3 Å². The molecule has 0 spiro atoms. The Kier molecular flexibility index (Phi) is 4.10. The van der Waals surface area contributed by atoms with E-state index in [0.29, 0.717) is 17.0 Å². The van der Waals surface area contributed by atoms with Gasteiger partial charge in [-0.25, -0.2) is 4.39 Å². The third-order valence-corrected chi connectivity index (χ3v) is 3.91. The van der Waals surface area contributed by atoms with Crippen LogP contribution in [0.25, 0.3) is 16.9 Å². The third-order valence-electron chi connectivity index (χ3n) is 3.91. The first-order valence-electron chi connectivity index (χ1n) is 8.01. The molecule has 0 saturated carbocycles. The van der Waals surface area contributed by atoms with Crippen molar-refractivity contribution in [3.8, 4) is 11.3 Å². The average Bonchev–Trinajstić information content (AvgIpc) is 3.09. The molecule has 1 N–H and O–H groups in total. The van der Waals surface area contributed by atoms with Crippen LogP contribution in [0.3, 0.4) is 0 Å². The fourth-order valence-corrected chi connectivity index (χ4v) is 2.57. The number of nitrogens with zero attached hydrogens (tertiary/aromatic N) is 4.